The summed E-state index contributed by atoms with van der Waals surface area (Å²) in [5.41, 5.74) is 6.19. The summed E-state index contributed by atoms with van der Waals surface area (Å²) in [6.07, 6.45) is 4.08. The van der Waals surface area contributed by atoms with Crippen molar-refractivity contribution in [2.24, 2.45) is 0 Å². The van der Waals surface area contributed by atoms with Gasteiger partial charge in [-0.15, -0.1) is 13.2 Å². The van der Waals surface area contributed by atoms with E-state index in [0.717, 1.165) is 5.82 Å². The molecule has 0 fully saturated rings. The Balaban J connectivity index is 2.99. The van der Waals surface area contributed by atoms with Crippen LogP contribution >= 0.6 is 0 Å². The van der Waals surface area contributed by atoms with Gasteiger partial charge in [-0.3, -0.25) is 0 Å². The van der Waals surface area contributed by atoms with E-state index in [2.05, 4.69) is 48.3 Å². The zero-order valence-corrected chi connectivity index (χ0v) is 14.1. The van der Waals surface area contributed by atoms with Gasteiger partial charge in [-0.2, -0.15) is 0 Å². The Morgan fingerprint density at radius 2 is 1.56 bits per heavy atom. The van der Waals surface area contributed by atoms with Crippen LogP contribution in [0.5, 0.6) is 0 Å². The Labute approximate surface area is 113 Å². The van der Waals surface area contributed by atoms with Gasteiger partial charge in [0.2, 0.25) is 8.32 Å². The first-order chi connectivity index (χ1) is 8.23. The summed E-state index contributed by atoms with van der Waals surface area (Å²) in [5.74, 6) is 1.15. The van der Waals surface area contributed by atoms with Crippen LogP contribution in [0.4, 0.5) is 0 Å². The van der Waals surface area contributed by atoms with Crippen LogP contribution in [0.2, 0.25) is 19.6 Å². The molecule has 100 valence electrons. The Kier molecular flexibility index (Phi) is 4.42. The van der Waals surface area contributed by atoms with Crippen molar-refractivity contribution < 1.29 is 4.12 Å². The summed E-state index contributed by atoms with van der Waals surface area (Å²) >= 11 is 0. The third-order valence-corrected chi connectivity index (χ3v) is 9.52. The van der Waals surface area contributed by atoms with Crippen molar-refractivity contribution in [2.45, 2.75) is 19.6 Å². The van der Waals surface area contributed by atoms with Crippen LogP contribution in [-0.2, 0) is 4.12 Å². The molecule has 1 rings (SSSR count). The summed E-state index contributed by atoms with van der Waals surface area (Å²) in [4.78, 5) is 4.20. The fourth-order valence-corrected chi connectivity index (χ4v) is 8.27. The molecule has 1 heterocycles. The SMILES string of the molecule is C=C[Si](C)(C)O[Si](C)(C=C)C=C1N(C)C=CN1C. The minimum Gasteiger partial charge on any atom is -0.446 e. The van der Waals surface area contributed by atoms with E-state index in [1.54, 1.807) is 0 Å². The van der Waals surface area contributed by atoms with E-state index in [4.69, 9.17) is 4.12 Å². The number of nitrogens with zero attached hydrogens (tertiary/aromatic N) is 2. The van der Waals surface area contributed by atoms with E-state index in [-0.39, 0.29) is 0 Å². The lowest BCUT2D eigenvalue weighted by Gasteiger charge is -2.32. The van der Waals surface area contributed by atoms with Crippen molar-refractivity contribution in [3.8, 4) is 0 Å². The second-order valence-corrected chi connectivity index (χ2v) is 12.8. The second-order valence-electron chi connectivity index (χ2n) is 5.32. The van der Waals surface area contributed by atoms with Gasteiger partial charge in [-0.1, -0.05) is 11.4 Å². The number of rotatable bonds is 5. The topological polar surface area (TPSA) is 15.7 Å². The van der Waals surface area contributed by atoms with Gasteiger partial charge in [-0.05, 0) is 25.3 Å². The molecule has 0 amide bonds. The average molecular weight is 281 g/mol. The van der Waals surface area contributed by atoms with Crippen LogP contribution in [-0.4, -0.2) is 40.5 Å². The van der Waals surface area contributed by atoms with Crippen LogP contribution < -0.4 is 0 Å². The molecule has 3 nitrogen and oxygen atoms in total. The van der Waals surface area contributed by atoms with Gasteiger partial charge in [0.15, 0.2) is 8.32 Å². The Bertz CT molecular complexity index is 390. The van der Waals surface area contributed by atoms with Crippen molar-refractivity contribution in [3.63, 3.8) is 0 Å². The molecule has 0 saturated heterocycles. The van der Waals surface area contributed by atoms with Gasteiger partial charge in [0.05, 0.1) is 0 Å². The molecule has 18 heavy (non-hydrogen) atoms. The molecular weight excluding hydrogens is 256 g/mol. The zero-order chi connectivity index (χ0) is 14.0. The molecule has 1 atom stereocenters. The van der Waals surface area contributed by atoms with Gasteiger partial charge in [0, 0.05) is 26.5 Å². The minimum atomic E-state index is -2.06. The van der Waals surface area contributed by atoms with Gasteiger partial charge in [0.25, 0.3) is 0 Å². The third kappa shape index (κ3) is 3.47. The predicted molar refractivity (Wildman–Crippen MR) is 83.3 cm³/mol. The summed E-state index contributed by atoms with van der Waals surface area (Å²) in [5, 5.41) is 0. The quantitative estimate of drug-likeness (QED) is 0.720. The maximum absolute atomic E-state index is 6.37. The molecule has 1 aliphatic rings. The molecule has 0 N–H and O–H groups in total. The largest absolute Gasteiger partial charge is 0.446 e. The number of hydrogen-bond acceptors (Lipinski definition) is 3. The average Bonchev–Trinajstić information content (AvgIpc) is 2.60. The lowest BCUT2D eigenvalue weighted by molar-refractivity contribution is 0.446. The first-order valence-electron chi connectivity index (χ1n) is 6.07. The Morgan fingerprint density at radius 3 is 1.94 bits per heavy atom. The summed E-state index contributed by atoms with van der Waals surface area (Å²) in [6, 6.07) is 0. The highest BCUT2D eigenvalue weighted by Gasteiger charge is 2.33. The fourth-order valence-electron chi connectivity index (χ4n) is 1.80. The monoisotopic (exact) mass is 280 g/mol. The summed E-state index contributed by atoms with van der Waals surface area (Å²) in [7, 11) is 0.226. The molecule has 1 aliphatic heterocycles. The van der Waals surface area contributed by atoms with Crippen LogP contribution in [0.3, 0.4) is 0 Å². The van der Waals surface area contributed by atoms with Gasteiger partial charge in [-0.25, -0.2) is 0 Å². The molecule has 5 heteroatoms. The molecule has 0 aromatic heterocycles. The highest BCUT2D eigenvalue weighted by molar-refractivity contribution is 6.92. The van der Waals surface area contributed by atoms with Crippen molar-refractivity contribution in [3.05, 3.63) is 48.5 Å². The van der Waals surface area contributed by atoms with Crippen molar-refractivity contribution in [1.82, 2.24) is 9.80 Å². The highest BCUT2D eigenvalue weighted by atomic mass is 28.4. The standard InChI is InChI=1S/C13H24N2OSi2/c1-8-17(5,6)16-18(7,9-2)12-13-14(3)10-11-15(13)4/h8-12H,1-2H2,3-7H3. The third-order valence-electron chi connectivity index (χ3n) is 3.03. The molecule has 0 aromatic carbocycles. The molecule has 0 aromatic rings. The fraction of sp³-hybridized carbons (Fsp3) is 0.385. The molecule has 0 saturated carbocycles. The summed E-state index contributed by atoms with van der Waals surface area (Å²) in [6.45, 7) is 14.3. The van der Waals surface area contributed by atoms with Gasteiger partial charge < -0.3 is 13.9 Å². The van der Waals surface area contributed by atoms with Gasteiger partial charge >= 0.3 is 0 Å². The Morgan fingerprint density at radius 1 is 1.06 bits per heavy atom. The Hall–Kier alpha value is -1.05. The maximum atomic E-state index is 6.37. The lowest BCUT2D eigenvalue weighted by Crippen LogP contribution is -2.44. The smallest absolute Gasteiger partial charge is 0.230 e. The van der Waals surface area contributed by atoms with Gasteiger partial charge in [0.1, 0.15) is 5.82 Å². The van der Waals surface area contributed by atoms with Crippen LogP contribution in [0.1, 0.15) is 0 Å². The predicted octanol–water partition coefficient (Wildman–Crippen LogP) is 2.96. The van der Waals surface area contributed by atoms with E-state index in [9.17, 15) is 0 Å². The molecule has 0 radical (unpaired) electrons. The molecule has 0 spiro atoms. The second kappa shape index (κ2) is 5.30. The first kappa shape index (κ1) is 15.0. The lowest BCUT2D eigenvalue weighted by atomic mass is 10.7. The van der Waals surface area contributed by atoms with Crippen molar-refractivity contribution in [2.75, 3.05) is 14.1 Å². The molecule has 0 bridgehead atoms. The molecular formula is C13H24N2OSi2. The maximum Gasteiger partial charge on any atom is 0.230 e. The van der Waals surface area contributed by atoms with E-state index < -0.39 is 16.6 Å². The van der Waals surface area contributed by atoms with E-state index in [0.29, 0.717) is 0 Å². The zero-order valence-electron chi connectivity index (χ0n) is 12.1. The summed E-state index contributed by atoms with van der Waals surface area (Å²) < 4.78 is 6.37. The number of hydrogen-bond donors (Lipinski definition) is 0. The van der Waals surface area contributed by atoms with Crippen LogP contribution in [0.15, 0.2) is 48.5 Å². The van der Waals surface area contributed by atoms with Crippen LogP contribution in [0, 0.1) is 0 Å². The van der Waals surface area contributed by atoms with Crippen molar-refractivity contribution >= 4 is 16.6 Å². The normalized spacial score (nSPS) is 18.8. The van der Waals surface area contributed by atoms with E-state index in [1.807, 2.05) is 37.9 Å². The van der Waals surface area contributed by atoms with Crippen LogP contribution in [0.25, 0.3) is 0 Å². The highest BCUT2D eigenvalue weighted by Crippen LogP contribution is 2.23. The van der Waals surface area contributed by atoms with E-state index in [1.165, 1.54) is 0 Å². The first-order valence-corrected chi connectivity index (χ1v) is 11.6. The van der Waals surface area contributed by atoms with E-state index >= 15 is 0 Å². The minimum absolute atomic E-state index is 1.15. The molecule has 0 aliphatic carbocycles. The van der Waals surface area contributed by atoms with Crippen molar-refractivity contribution in [1.29, 1.82) is 0 Å². The molecule has 1 unspecified atom stereocenters.